The minimum Gasteiger partial charge on any atom is -0.457 e. The first kappa shape index (κ1) is 32.0. The van der Waals surface area contributed by atoms with Gasteiger partial charge in [0.05, 0.1) is 0 Å². The number of rotatable bonds is 10. The lowest BCUT2D eigenvalue weighted by Crippen LogP contribution is -2.47. The van der Waals surface area contributed by atoms with Crippen LogP contribution in [0.2, 0.25) is 0 Å². The number of aryl methyl sites for hydroxylation is 1. The molecule has 0 bridgehead atoms. The molecule has 48 heavy (non-hydrogen) atoms. The van der Waals surface area contributed by atoms with Gasteiger partial charge in [0.15, 0.2) is 0 Å². The topological polar surface area (TPSA) is 65.1 Å². The van der Waals surface area contributed by atoms with Gasteiger partial charge in [0.2, 0.25) is 5.91 Å². The van der Waals surface area contributed by atoms with Crippen molar-refractivity contribution in [1.82, 2.24) is 15.1 Å². The lowest BCUT2D eigenvalue weighted by atomic mass is 9.68. The molecule has 1 saturated heterocycles. The number of hydrogen-bond acceptors (Lipinski definition) is 5. The Morgan fingerprint density at radius 3 is 2.27 bits per heavy atom. The summed E-state index contributed by atoms with van der Waals surface area (Å²) in [5.41, 5.74) is 6.67. The molecule has 7 rings (SSSR count). The van der Waals surface area contributed by atoms with Gasteiger partial charge in [-0.1, -0.05) is 78.7 Å². The fraction of sp³-hybridized carbons (Fsp3) is 0.366. The number of carbonyl (C=O) groups is 2. The monoisotopic (exact) mass is 642 g/mol. The van der Waals surface area contributed by atoms with Crippen LogP contribution in [0, 0.1) is 6.92 Å². The van der Waals surface area contributed by atoms with Gasteiger partial charge in [-0.2, -0.15) is 0 Å². The highest BCUT2D eigenvalue weighted by Crippen LogP contribution is 2.50. The molecule has 7 nitrogen and oxygen atoms in total. The van der Waals surface area contributed by atoms with E-state index in [9.17, 15) is 9.59 Å². The molecule has 0 unspecified atom stereocenters. The zero-order chi connectivity index (χ0) is 33.1. The van der Waals surface area contributed by atoms with Crippen LogP contribution < -0.4 is 15.0 Å². The van der Waals surface area contributed by atoms with Crippen LogP contribution in [0.15, 0.2) is 91.0 Å². The number of amides is 2. The second-order valence-electron chi connectivity index (χ2n) is 13.5. The highest BCUT2D eigenvalue weighted by atomic mass is 16.5. The van der Waals surface area contributed by atoms with Crippen LogP contribution >= 0.6 is 0 Å². The number of anilines is 1. The summed E-state index contributed by atoms with van der Waals surface area (Å²) in [5, 5.41) is 3.15. The van der Waals surface area contributed by atoms with Gasteiger partial charge in [-0.15, -0.1) is 0 Å². The van der Waals surface area contributed by atoms with Gasteiger partial charge in [-0.3, -0.25) is 14.5 Å². The molecule has 4 aromatic carbocycles. The van der Waals surface area contributed by atoms with E-state index in [-0.39, 0.29) is 11.8 Å². The number of likely N-dealkylation sites (N-methyl/N-ethyl adjacent to an activating group) is 1. The van der Waals surface area contributed by atoms with Gasteiger partial charge in [0.25, 0.3) is 5.91 Å². The molecular weight excluding hydrogens is 596 g/mol. The lowest BCUT2D eigenvalue weighted by Gasteiger charge is -2.39. The summed E-state index contributed by atoms with van der Waals surface area (Å²) in [7, 11) is 0. The van der Waals surface area contributed by atoms with Crippen LogP contribution in [0.5, 0.6) is 11.5 Å². The number of ether oxygens (including phenoxy) is 1. The molecule has 7 heteroatoms. The predicted molar refractivity (Wildman–Crippen MR) is 191 cm³/mol. The van der Waals surface area contributed by atoms with Crippen LogP contribution in [0.4, 0.5) is 5.69 Å². The summed E-state index contributed by atoms with van der Waals surface area (Å²) >= 11 is 0. The number of fused-ring (bicyclic) bond motifs is 3. The van der Waals surface area contributed by atoms with Crippen molar-refractivity contribution in [2.75, 3.05) is 50.7 Å². The smallest absolute Gasteiger partial charge is 0.254 e. The third-order valence-electron chi connectivity index (χ3n) is 10.4. The highest BCUT2D eigenvalue weighted by Gasteiger charge is 2.47. The van der Waals surface area contributed by atoms with E-state index in [0.717, 1.165) is 104 Å². The summed E-state index contributed by atoms with van der Waals surface area (Å²) in [4.78, 5) is 34.4. The SMILES string of the molecule is CCNC(=O)C1(CCCCN2CCN(c3ccc4c(c3)C(=O)N(Cc3cccc(C)c3)CC4)CC2)c2ccccc2Oc2ccccc21. The van der Waals surface area contributed by atoms with Gasteiger partial charge >= 0.3 is 0 Å². The van der Waals surface area contributed by atoms with Crippen molar-refractivity contribution in [2.24, 2.45) is 0 Å². The quantitative estimate of drug-likeness (QED) is 0.195. The standard InChI is InChI=1S/C41H46N4O3/c1-3-42-40(47)41(35-13-4-6-15-37(35)48-38-16-7-5-14-36(38)41)20-8-9-21-43-23-25-44(26-24-43)33-18-17-32-19-22-45(39(46)34(32)28-33)29-31-12-10-11-30(2)27-31/h4-7,10-18,27-28H,3,8-9,19-26,29H2,1-2H3,(H,42,47). The Hall–Kier alpha value is -4.62. The number of carbonyl (C=O) groups excluding carboxylic acids is 2. The van der Waals surface area contributed by atoms with Crippen LogP contribution in [0.1, 0.15) is 64.4 Å². The maximum atomic E-state index is 13.9. The molecule has 0 radical (unpaired) electrons. The molecule has 0 saturated carbocycles. The number of piperazine rings is 1. The molecule has 0 aliphatic carbocycles. The summed E-state index contributed by atoms with van der Waals surface area (Å²) < 4.78 is 6.26. The molecule has 2 amide bonds. The Bertz CT molecular complexity index is 1750. The largest absolute Gasteiger partial charge is 0.457 e. The van der Waals surface area contributed by atoms with Crippen LogP contribution in [0.25, 0.3) is 0 Å². The average Bonchev–Trinajstić information content (AvgIpc) is 3.11. The molecule has 3 heterocycles. The number of benzene rings is 4. The molecule has 248 valence electrons. The zero-order valence-corrected chi connectivity index (χ0v) is 28.2. The third kappa shape index (κ3) is 6.19. The number of unbranched alkanes of at least 4 members (excludes halogenated alkanes) is 1. The fourth-order valence-corrected chi connectivity index (χ4v) is 7.86. The lowest BCUT2D eigenvalue weighted by molar-refractivity contribution is -0.125. The van der Waals surface area contributed by atoms with Crippen molar-refractivity contribution < 1.29 is 14.3 Å². The van der Waals surface area contributed by atoms with E-state index < -0.39 is 5.41 Å². The van der Waals surface area contributed by atoms with Crippen LogP contribution in [-0.4, -0.2) is 67.4 Å². The molecule has 3 aliphatic heterocycles. The normalized spacial score (nSPS) is 16.8. The first-order valence-electron chi connectivity index (χ1n) is 17.6. The maximum absolute atomic E-state index is 13.9. The first-order chi connectivity index (χ1) is 23.5. The Kier molecular flexibility index (Phi) is 9.22. The molecule has 1 fully saturated rings. The molecule has 1 N–H and O–H groups in total. The predicted octanol–water partition coefficient (Wildman–Crippen LogP) is 6.71. The van der Waals surface area contributed by atoms with E-state index in [1.807, 2.05) is 48.2 Å². The summed E-state index contributed by atoms with van der Waals surface area (Å²) in [6.07, 6.45) is 3.55. The number of nitrogens with one attached hydrogen (secondary N) is 1. The van der Waals surface area contributed by atoms with E-state index in [2.05, 4.69) is 76.6 Å². The highest BCUT2D eigenvalue weighted by molar-refractivity contribution is 5.98. The zero-order valence-electron chi connectivity index (χ0n) is 28.2. The van der Waals surface area contributed by atoms with Crippen molar-refractivity contribution in [1.29, 1.82) is 0 Å². The number of para-hydroxylation sites is 2. The molecule has 0 spiro atoms. The van der Waals surface area contributed by atoms with Gasteiger partial charge in [0.1, 0.15) is 16.9 Å². The first-order valence-corrected chi connectivity index (χ1v) is 17.6. The van der Waals surface area contributed by atoms with E-state index in [1.165, 1.54) is 11.1 Å². The van der Waals surface area contributed by atoms with Crippen LogP contribution in [-0.2, 0) is 23.2 Å². The molecule has 0 aromatic heterocycles. The Balaban J connectivity index is 0.970. The Morgan fingerprint density at radius 2 is 1.56 bits per heavy atom. The van der Waals surface area contributed by atoms with Gasteiger partial charge in [-0.25, -0.2) is 0 Å². The van der Waals surface area contributed by atoms with Crippen molar-refractivity contribution in [3.63, 3.8) is 0 Å². The minimum absolute atomic E-state index is 0.0450. The van der Waals surface area contributed by atoms with E-state index in [4.69, 9.17) is 4.74 Å². The summed E-state index contributed by atoms with van der Waals surface area (Å²) in [6, 6.07) is 30.9. The second kappa shape index (κ2) is 13.9. The Morgan fingerprint density at radius 1 is 0.833 bits per heavy atom. The van der Waals surface area contributed by atoms with Crippen molar-refractivity contribution in [3.05, 3.63) is 124 Å². The fourth-order valence-electron chi connectivity index (χ4n) is 7.86. The number of nitrogens with zero attached hydrogens (tertiary/aromatic N) is 3. The Labute approximate surface area is 284 Å². The molecule has 3 aliphatic rings. The van der Waals surface area contributed by atoms with Crippen molar-refractivity contribution in [2.45, 2.75) is 51.5 Å². The van der Waals surface area contributed by atoms with Gasteiger partial charge < -0.3 is 19.9 Å². The van der Waals surface area contributed by atoms with Gasteiger partial charge in [0, 0.05) is 68.2 Å². The minimum atomic E-state index is -0.778. The summed E-state index contributed by atoms with van der Waals surface area (Å²) in [6.45, 7) is 10.9. The summed E-state index contributed by atoms with van der Waals surface area (Å²) in [5.74, 6) is 1.71. The molecular formula is C41H46N4O3. The van der Waals surface area contributed by atoms with Crippen molar-refractivity contribution in [3.8, 4) is 11.5 Å². The average molecular weight is 643 g/mol. The van der Waals surface area contributed by atoms with E-state index >= 15 is 0 Å². The van der Waals surface area contributed by atoms with Crippen LogP contribution in [0.3, 0.4) is 0 Å². The molecule has 4 aromatic rings. The van der Waals surface area contributed by atoms with E-state index in [1.54, 1.807) is 0 Å². The van der Waals surface area contributed by atoms with Gasteiger partial charge in [-0.05, 0) is 75.0 Å². The van der Waals surface area contributed by atoms with E-state index in [0.29, 0.717) is 13.1 Å². The number of hydrogen-bond donors (Lipinski definition) is 1. The second-order valence-corrected chi connectivity index (χ2v) is 13.5. The van der Waals surface area contributed by atoms with Crippen molar-refractivity contribution >= 4 is 17.5 Å². The third-order valence-corrected chi connectivity index (χ3v) is 10.4. The molecule has 0 atom stereocenters. The maximum Gasteiger partial charge on any atom is 0.254 e.